The average Bonchev–Trinajstić information content (AvgIpc) is 3.07. The first-order valence-corrected chi connectivity index (χ1v) is 8.79. The number of carbonyl (C=O) groups is 2. The minimum absolute atomic E-state index is 0.191. The summed E-state index contributed by atoms with van der Waals surface area (Å²) in [5, 5.41) is 15.4. The van der Waals surface area contributed by atoms with E-state index in [4.69, 9.17) is 4.74 Å². The second-order valence-corrected chi connectivity index (χ2v) is 6.41. The van der Waals surface area contributed by atoms with Crippen molar-refractivity contribution >= 4 is 11.9 Å². The SMILES string of the molecule is CNC(=O)N1CC(O)C(NC(=O)c2ccc(OCc3ccccc3)cc2)C1. The maximum atomic E-state index is 12.4. The van der Waals surface area contributed by atoms with Gasteiger partial charge >= 0.3 is 6.03 Å². The monoisotopic (exact) mass is 369 g/mol. The summed E-state index contributed by atoms with van der Waals surface area (Å²) in [4.78, 5) is 25.5. The average molecular weight is 369 g/mol. The summed E-state index contributed by atoms with van der Waals surface area (Å²) >= 11 is 0. The quantitative estimate of drug-likeness (QED) is 0.743. The van der Waals surface area contributed by atoms with Crippen LogP contribution in [0.5, 0.6) is 5.75 Å². The molecule has 0 aliphatic carbocycles. The van der Waals surface area contributed by atoms with E-state index in [0.29, 0.717) is 17.9 Å². The molecule has 1 aliphatic heterocycles. The van der Waals surface area contributed by atoms with Crippen molar-refractivity contribution in [1.29, 1.82) is 0 Å². The van der Waals surface area contributed by atoms with Gasteiger partial charge in [-0.1, -0.05) is 30.3 Å². The van der Waals surface area contributed by atoms with Gasteiger partial charge in [-0.25, -0.2) is 4.79 Å². The van der Waals surface area contributed by atoms with Crippen LogP contribution in [0.15, 0.2) is 54.6 Å². The van der Waals surface area contributed by atoms with Gasteiger partial charge in [0, 0.05) is 19.2 Å². The molecule has 0 radical (unpaired) electrons. The van der Waals surface area contributed by atoms with Gasteiger partial charge in [-0.3, -0.25) is 4.79 Å². The second-order valence-electron chi connectivity index (χ2n) is 6.41. The number of ether oxygens (including phenoxy) is 1. The van der Waals surface area contributed by atoms with Gasteiger partial charge in [0.05, 0.1) is 18.7 Å². The minimum atomic E-state index is -0.792. The van der Waals surface area contributed by atoms with E-state index in [0.717, 1.165) is 5.56 Å². The number of likely N-dealkylation sites (tertiary alicyclic amines) is 1. The van der Waals surface area contributed by atoms with Gasteiger partial charge in [0.15, 0.2) is 0 Å². The molecule has 0 aromatic heterocycles. The molecule has 3 amide bonds. The molecule has 3 rings (SSSR count). The third-order valence-corrected chi connectivity index (χ3v) is 4.47. The number of amides is 3. The zero-order valence-electron chi connectivity index (χ0n) is 15.1. The molecule has 2 aromatic carbocycles. The second kappa shape index (κ2) is 8.55. The third-order valence-electron chi connectivity index (χ3n) is 4.47. The van der Waals surface area contributed by atoms with Crippen molar-refractivity contribution in [3.63, 3.8) is 0 Å². The molecule has 1 saturated heterocycles. The smallest absolute Gasteiger partial charge is 0.317 e. The Morgan fingerprint density at radius 3 is 2.48 bits per heavy atom. The van der Waals surface area contributed by atoms with Gasteiger partial charge in [0.2, 0.25) is 0 Å². The predicted octanol–water partition coefficient (Wildman–Crippen LogP) is 1.38. The van der Waals surface area contributed by atoms with E-state index in [9.17, 15) is 14.7 Å². The van der Waals surface area contributed by atoms with Crippen molar-refractivity contribution in [2.45, 2.75) is 18.8 Å². The van der Waals surface area contributed by atoms with Crippen molar-refractivity contribution in [3.8, 4) is 5.75 Å². The fraction of sp³-hybridized carbons (Fsp3) is 0.300. The summed E-state index contributed by atoms with van der Waals surface area (Å²) in [5.74, 6) is 0.370. The van der Waals surface area contributed by atoms with Crippen molar-refractivity contribution in [2.75, 3.05) is 20.1 Å². The molecule has 3 N–H and O–H groups in total. The molecular formula is C20H23N3O4. The fourth-order valence-corrected chi connectivity index (χ4v) is 2.95. The van der Waals surface area contributed by atoms with Crippen molar-refractivity contribution in [1.82, 2.24) is 15.5 Å². The third kappa shape index (κ3) is 4.77. The van der Waals surface area contributed by atoms with E-state index in [1.807, 2.05) is 30.3 Å². The fourth-order valence-electron chi connectivity index (χ4n) is 2.95. The van der Waals surface area contributed by atoms with E-state index in [1.54, 1.807) is 24.3 Å². The Kier molecular flexibility index (Phi) is 5.93. The Labute approximate surface area is 157 Å². The summed E-state index contributed by atoms with van der Waals surface area (Å²) in [7, 11) is 1.53. The highest BCUT2D eigenvalue weighted by atomic mass is 16.5. The van der Waals surface area contributed by atoms with Crippen LogP contribution in [0, 0.1) is 0 Å². The molecule has 0 spiro atoms. The molecule has 2 unspecified atom stereocenters. The van der Waals surface area contributed by atoms with E-state index < -0.39 is 12.1 Å². The minimum Gasteiger partial charge on any atom is -0.489 e. The Morgan fingerprint density at radius 1 is 1.11 bits per heavy atom. The Bertz CT molecular complexity index is 780. The highest BCUT2D eigenvalue weighted by Gasteiger charge is 2.34. The van der Waals surface area contributed by atoms with Crippen LogP contribution >= 0.6 is 0 Å². The van der Waals surface area contributed by atoms with Crippen LogP contribution in [-0.2, 0) is 6.61 Å². The molecule has 0 saturated carbocycles. The van der Waals surface area contributed by atoms with Crippen molar-refractivity contribution in [3.05, 3.63) is 65.7 Å². The van der Waals surface area contributed by atoms with E-state index >= 15 is 0 Å². The number of nitrogens with one attached hydrogen (secondary N) is 2. The molecule has 7 heteroatoms. The van der Waals surface area contributed by atoms with E-state index in [1.165, 1.54) is 11.9 Å². The molecule has 1 aliphatic rings. The first kappa shape index (κ1) is 18.7. The lowest BCUT2D eigenvalue weighted by atomic mass is 10.1. The molecule has 7 nitrogen and oxygen atoms in total. The zero-order valence-corrected chi connectivity index (χ0v) is 15.1. The molecule has 2 aromatic rings. The summed E-state index contributed by atoms with van der Waals surface area (Å²) in [6, 6.07) is 15.9. The summed E-state index contributed by atoms with van der Waals surface area (Å²) < 4.78 is 5.71. The number of rotatable bonds is 5. The van der Waals surface area contributed by atoms with Crippen LogP contribution in [-0.4, -0.2) is 54.2 Å². The van der Waals surface area contributed by atoms with Crippen LogP contribution in [0.4, 0.5) is 4.79 Å². The maximum absolute atomic E-state index is 12.4. The predicted molar refractivity (Wildman–Crippen MR) is 101 cm³/mol. The number of hydrogen-bond donors (Lipinski definition) is 3. The maximum Gasteiger partial charge on any atom is 0.317 e. The van der Waals surface area contributed by atoms with Crippen molar-refractivity contribution < 1.29 is 19.4 Å². The summed E-state index contributed by atoms with van der Waals surface area (Å²) in [6.07, 6.45) is -0.792. The lowest BCUT2D eigenvalue weighted by Gasteiger charge is -2.16. The lowest BCUT2D eigenvalue weighted by molar-refractivity contribution is 0.0888. The highest BCUT2D eigenvalue weighted by molar-refractivity contribution is 5.94. The van der Waals surface area contributed by atoms with Gasteiger partial charge in [-0.15, -0.1) is 0 Å². The first-order chi connectivity index (χ1) is 13.1. The van der Waals surface area contributed by atoms with E-state index in [2.05, 4.69) is 10.6 Å². The number of hydrogen-bond acceptors (Lipinski definition) is 4. The molecular weight excluding hydrogens is 346 g/mol. The Hall–Kier alpha value is -3.06. The lowest BCUT2D eigenvalue weighted by Crippen LogP contribution is -2.43. The van der Waals surface area contributed by atoms with Crippen LogP contribution in [0.3, 0.4) is 0 Å². The molecule has 142 valence electrons. The normalized spacial score (nSPS) is 18.8. The van der Waals surface area contributed by atoms with E-state index in [-0.39, 0.29) is 25.0 Å². The molecule has 2 atom stereocenters. The number of aliphatic hydroxyl groups is 1. The molecule has 27 heavy (non-hydrogen) atoms. The zero-order chi connectivity index (χ0) is 19.2. The molecule has 1 fully saturated rings. The number of aliphatic hydroxyl groups excluding tert-OH is 1. The number of benzene rings is 2. The number of urea groups is 1. The van der Waals surface area contributed by atoms with Crippen LogP contribution < -0.4 is 15.4 Å². The topological polar surface area (TPSA) is 90.9 Å². The molecule has 1 heterocycles. The van der Waals surface area contributed by atoms with Gasteiger partial charge in [0.25, 0.3) is 5.91 Å². The standard InChI is InChI=1S/C20H23N3O4/c1-21-20(26)23-11-17(18(24)12-23)22-19(25)15-7-9-16(10-8-15)27-13-14-5-3-2-4-6-14/h2-10,17-18,24H,11-13H2,1H3,(H,21,26)(H,22,25). The Balaban J connectivity index is 1.54. The van der Waals surface area contributed by atoms with Gasteiger partial charge < -0.3 is 25.4 Å². The van der Waals surface area contributed by atoms with Crippen LogP contribution in [0.1, 0.15) is 15.9 Å². The highest BCUT2D eigenvalue weighted by Crippen LogP contribution is 2.16. The van der Waals surface area contributed by atoms with Crippen molar-refractivity contribution in [2.24, 2.45) is 0 Å². The Morgan fingerprint density at radius 2 is 1.81 bits per heavy atom. The van der Waals surface area contributed by atoms with Crippen LogP contribution in [0.2, 0.25) is 0 Å². The number of β-amino-alcohol motifs (C(OH)–C–C–N with tert-alkyl or cyclic N) is 1. The summed E-state index contributed by atoms with van der Waals surface area (Å²) in [5.41, 5.74) is 1.53. The first-order valence-electron chi connectivity index (χ1n) is 8.79. The van der Waals surface area contributed by atoms with Gasteiger partial charge in [-0.05, 0) is 29.8 Å². The number of carbonyl (C=O) groups excluding carboxylic acids is 2. The molecule has 0 bridgehead atoms. The number of nitrogens with zero attached hydrogens (tertiary/aromatic N) is 1. The van der Waals surface area contributed by atoms with Gasteiger partial charge in [0.1, 0.15) is 12.4 Å². The largest absolute Gasteiger partial charge is 0.489 e. The van der Waals surface area contributed by atoms with Crippen LogP contribution in [0.25, 0.3) is 0 Å². The van der Waals surface area contributed by atoms with Gasteiger partial charge in [-0.2, -0.15) is 0 Å². The summed E-state index contributed by atoms with van der Waals surface area (Å²) in [6.45, 7) is 0.914.